The number of thioether (sulfide) groups is 1. The number of amides is 1. The summed E-state index contributed by atoms with van der Waals surface area (Å²) in [7, 11) is 0. The molecule has 1 N–H and O–H groups in total. The number of oxazole rings is 1. The van der Waals surface area contributed by atoms with E-state index >= 15 is 0 Å². The summed E-state index contributed by atoms with van der Waals surface area (Å²) >= 11 is 1.18. The molecule has 3 aromatic rings. The van der Waals surface area contributed by atoms with Crippen molar-refractivity contribution in [1.29, 1.82) is 0 Å². The minimum absolute atomic E-state index is 0.114. The first-order valence-corrected chi connectivity index (χ1v) is 13.6. The van der Waals surface area contributed by atoms with Gasteiger partial charge in [0.05, 0.1) is 11.9 Å². The summed E-state index contributed by atoms with van der Waals surface area (Å²) in [5.74, 6) is -0.528. The van der Waals surface area contributed by atoms with E-state index in [4.69, 9.17) is 4.42 Å². The van der Waals surface area contributed by atoms with Crippen LogP contribution < -0.4 is 10.2 Å². The van der Waals surface area contributed by atoms with Crippen molar-refractivity contribution in [2.24, 2.45) is 0 Å². The van der Waals surface area contributed by atoms with Crippen LogP contribution in [-0.2, 0) is 6.18 Å². The third-order valence-corrected chi connectivity index (χ3v) is 8.18. The Labute approximate surface area is 218 Å². The van der Waals surface area contributed by atoms with E-state index in [0.29, 0.717) is 11.6 Å². The van der Waals surface area contributed by atoms with Crippen molar-refractivity contribution in [3.05, 3.63) is 65.7 Å². The Bertz CT molecular complexity index is 1190. The molecule has 2 aliphatic rings. The van der Waals surface area contributed by atoms with Gasteiger partial charge in [-0.15, -0.1) is 0 Å². The topological polar surface area (TPSA) is 71.3 Å². The molecule has 0 atom stereocenters. The van der Waals surface area contributed by atoms with E-state index in [9.17, 15) is 18.0 Å². The molecule has 6 nitrogen and oxygen atoms in total. The second kappa shape index (κ2) is 11.2. The highest BCUT2D eigenvalue weighted by atomic mass is 32.2. The number of benzene rings is 1. The van der Waals surface area contributed by atoms with E-state index in [-0.39, 0.29) is 10.5 Å². The predicted octanol–water partition coefficient (Wildman–Crippen LogP) is 7.15. The first-order valence-electron chi connectivity index (χ1n) is 12.7. The summed E-state index contributed by atoms with van der Waals surface area (Å²) in [5.41, 5.74) is 0.340. The molecule has 1 aromatic carbocycles. The number of piperidine rings is 1. The van der Waals surface area contributed by atoms with Gasteiger partial charge in [-0.1, -0.05) is 61.4 Å². The lowest BCUT2D eigenvalue weighted by atomic mass is 9.89. The number of aromatic nitrogens is 2. The smallest absolute Gasteiger partial charge is 0.425 e. The molecule has 3 heterocycles. The lowest BCUT2D eigenvalue weighted by Crippen LogP contribution is -2.33. The molecule has 1 amide bonds. The Kier molecular flexibility index (Phi) is 7.73. The monoisotopic (exact) mass is 530 g/mol. The summed E-state index contributed by atoms with van der Waals surface area (Å²) in [4.78, 5) is 23.0. The predicted molar refractivity (Wildman–Crippen MR) is 137 cm³/mol. The molecular weight excluding hydrogens is 501 g/mol. The van der Waals surface area contributed by atoms with Gasteiger partial charge in [-0.25, -0.2) is 4.98 Å². The van der Waals surface area contributed by atoms with Gasteiger partial charge in [0.15, 0.2) is 5.69 Å². The molecule has 196 valence electrons. The highest BCUT2D eigenvalue weighted by Gasteiger charge is 2.41. The van der Waals surface area contributed by atoms with Gasteiger partial charge in [-0.05, 0) is 49.3 Å². The van der Waals surface area contributed by atoms with Crippen LogP contribution in [-0.4, -0.2) is 34.2 Å². The molecule has 0 radical (unpaired) electrons. The fourth-order valence-corrected chi connectivity index (χ4v) is 6.15. The number of carbonyl (C=O) groups is 1. The zero-order valence-corrected chi connectivity index (χ0v) is 21.2. The molecule has 1 saturated heterocycles. The molecule has 1 saturated carbocycles. The average Bonchev–Trinajstić information content (AvgIpc) is 3.35. The maximum absolute atomic E-state index is 13.6. The number of carbonyl (C=O) groups excluding carboxylic acids is 1. The van der Waals surface area contributed by atoms with Crippen LogP contribution in [0.5, 0.6) is 0 Å². The molecule has 2 aromatic heterocycles. The highest BCUT2D eigenvalue weighted by molar-refractivity contribution is 7.99. The second-order valence-corrected chi connectivity index (χ2v) is 10.8. The summed E-state index contributed by atoms with van der Waals surface area (Å²) in [6, 6.07) is 13.9. The first-order chi connectivity index (χ1) is 17.9. The van der Waals surface area contributed by atoms with Crippen LogP contribution in [0.15, 0.2) is 58.3 Å². The Morgan fingerprint density at radius 1 is 1.00 bits per heavy atom. The Morgan fingerprint density at radius 2 is 1.73 bits per heavy atom. The Hall–Kier alpha value is -3.01. The zero-order chi connectivity index (χ0) is 25.8. The van der Waals surface area contributed by atoms with Crippen LogP contribution in [0, 0.1) is 0 Å². The lowest BCUT2D eigenvalue weighted by molar-refractivity contribution is -0.141. The van der Waals surface area contributed by atoms with Crippen molar-refractivity contribution < 1.29 is 22.4 Å². The summed E-state index contributed by atoms with van der Waals surface area (Å²) in [6.07, 6.45) is 3.68. The normalized spacial score (nSPS) is 17.6. The number of nitrogens with zero attached hydrogens (tertiary/aromatic N) is 3. The summed E-state index contributed by atoms with van der Waals surface area (Å²) in [6.45, 7) is 1.71. The van der Waals surface area contributed by atoms with Crippen molar-refractivity contribution in [2.45, 2.75) is 67.5 Å². The number of rotatable bonds is 6. The average molecular weight is 531 g/mol. The van der Waals surface area contributed by atoms with E-state index in [2.05, 4.69) is 44.5 Å². The molecule has 1 aliphatic heterocycles. The lowest BCUT2D eigenvalue weighted by Gasteiger charge is -2.33. The Balaban J connectivity index is 1.22. The number of nitrogens with one attached hydrogen (secondary N) is 1. The largest absolute Gasteiger partial charge is 0.437 e. The van der Waals surface area contributed by atoms with Crippen molar-refractivity contribution in [1.82, 2.24) is 9.97 Å². The second-order valence-electron chi connectivity index (χ2n) is 9.56. The van der Waals surface area contributed by atoms with Crippen LogP contribution in [0.25, 0.3) is 0 Å². The first kappa shape index (κ1) is 25.6. The van der Waals surface area contributed by atoms with Crippen LogP contribution in [0.1, 0.15) is 72.7 Å². The van der Waals surface area contributed by atoms with E-state index in [1.807, 2.05) is 6.07 Å². The van der Waals surface area contributed by atoms with Crippen LogP contribution in [0.2, 0.25) is 0 Å². The molecule has 0 bridgehead atoms. The maximum Gasteiger partial charge on any atom is 0.437 e. The van der Waals surface area contributed by atoms with E-state index < -0.39 is 23.5 Å². The molecular formula is C27H29F3N4O2S. The zero-order valence-electron chi connectivity index (χ0n) is 20.3. The third kappa shape index (κ3) is 6.29. The Morgan fingerprint density at radius 3 is 2.38 bits per heavy atom. The van der Waals surface area contributed by atoms with Gasteiger partial charge < -0.3 is 14.6 Å². The van der Waals surface area contributed by atoms with Crippen LogP contribution >= 0.6 is 11.8 Å². The van der Waals surface area contributed by atoms with Crippen LogP contribution in [0.3, 0.4) is 0 Å². The maximum atomic E-state index is 13.6. The standard InChI is InChI=1S/C27H29F3N4O2S/c28-27(29,30)24-23(36-26(33-24)37-21-9-5-2-6-10-21)25(35)32-20-11-12-22(31-17-20)34-15-13-19(14-16-34)18-7-3-1-4-8-18/h1,3-4,7-8,11-12,17,19,21H,2,5-6,9-10,13-16H2,(H,32,35). The highest BCUT2D eigenvalue weighted by Crippen LogP contribution is 2.38. The number of pyridine rings is 1. The number of halogens is 3. The molecule has 2 fully saturated rings. The molecule has 10 heteroatoms. The summed E-state index contributed by atoms with van der Waals surface area (Å²) < 4.78 is 46.1. The van der Waals surface area contributed by atoms with Gasteiger partial charge in [-0.2, -0.15) is 18.2 Å². The minimum atomic E-state index is -4.80. The van der Waals surface area contributed by atoms with Crippen molar-refractivity contribution in [2.75, 3.05) is 23.3 Å². The van der Waals surface area contributed by atoms with Gasteiger partial charge in [0.25, 0.3) is 11.1 Å². The number of hydrogen-bond donors (Lipinski definition) is 1. The number of hydrogen-bond acceptors (Lipinski definition) is 6. The SMILES string of the molecule is O=C(Nc1ccc(N2CCC(c3ccccc3)CC2)nc1)c1oc(SC2CCCCC2)nc1C(F)(F)F. The number of alkyl halides is 3. The van der Waals surface area contributed by atoms with E-state index in [1.165, 1.54) is 23.5 Å². The quantitative estimate of drug-likeness (QED) is 0.365. The molecule has 0 unspecified atom stereocenters. The van der Waals surface area contributed by atoms with E-state index in [1.54, 1.807) is 12.1 Å². The molecule has 1 aliphatic carbocycles. The van der Waals surface area contributed by atoms with Gasteiger partial charge in [0.2, 0.25) is 5.76 Å². The van der Waals surface area contributed by atoms with Gasteiger partial charge in [0, 0.05) is 18.3 Å². The van der Waals surface area contributed by atoms with Crippen molar-refractivity contribution in [3.63, 3.8) is 0 Å². The van der Waals surface area contributed by atoms with Gasteiger partial charge in [0.1, 0.15) is 5.82 Å². The van der Waals surface area contributed by atoms with Crippen molar-refractivity contribution in [3.8, 4) is 0 Å². The van der Waals surface area contributed by atoms with E-state index in [0.717, 1.165) is 63.9 Å². The molecule has 5 rings (SSSR count). The molecule has 37 heavy (non-hydrogen) atoms. The fraction of sp³-hybridized carbons (Fsp3) is 0.444. The van der Waals surface area contributed by atoms with Crippen molar-refractivity contribution >= 4 is 29.2 Å². The third-order valence-electron chi connectivity index (χ3n) is 7.00. The van der Waals surface area contributed by atoms with Crippen LogP contribution in [0.4, 0.5) is 24.7 Å². The van der Waals surface area contributed by atoms with Gasteiger partial charge in [-0.3, -0.25) is 4.79 Å². The fourth-order valence-electron chi connectivity index (χ4n) is 5.02. The van der Waals surface area contributed by atoms with Gasteiger partial charge >= 0.3 is 6.18 Å². The minimum Gasteiger partial charge on any atom is -0.425 e. The molecule has 0 spiro atoms. The number of anilines is 2. The summed E-state index contributed by atoms with van der Waals surface area (Å²) in [5, 5.41) is 2.52.